The number of ether oxygens (including phenoxy) is 1. The minimum atomic E-state index is -0.271. The summed E-state index contributed by atoms with van der Waals surface area (Å²) in [7, 11) is 0. The van der Waals surface area contributed by atoms with Crippen LogP contribution in [0.25, 0.3) is 0 Å². The first-order chi connectivity index (χ1) is 12.7. The molecule has 0 unspecified atom stereocenters. The van der Waals surface area contributed by atoms with Crippen LogP contribution in [0.15, 0.2) is 40.9 Å². The van der Waals surface area contributed by atoms with Crippen molar-refractivity contribution in [2.75, 3.05) is 18.9 Å². The van der Waals surface area contributed by atoms with E-state index in [1.165, 1.54) is 11.8 Å². The molecule has 2 atom stereocenters. The van der Waals surface area contributed by atoms with Gasteiger partial charge in [0.15, 0.2) is 0 Å². The number of hydrogen-bond donors (Lipinski definition) is 2. The van der Waals surface area contributed by atoms with E-state index in [9.17, 15) is 14.9 Å². The Morgan fingerprint density at radius 3 is 2.88 bits per heavy atom. The molecule has 1 fully saturated rings. The molecular formula is C19H21N3O3S. The van der Waals surface area contributed by atoms with Gasteiger partial charge in [-0.2, -0.15) is 5.26 Å². The van der Waals surface area contributed by atoms with E-state index in [1.807, 2.05) is 30.3 Å². The minimum Gasteiger partial charge on any atom is -0.376 e. The molecule has 1 aromatic rings. The van der Waals surface area contributed by atoms with E-state index in [0.29, 0.717) is 17.1 Å². The number of nitrogens with one attached hydrogen (secondary N) is 2. The molecule has 26 heavy (non-hydrogen) atoms. The van der Waals surface area contributed by atoms with E-state index >= 15 is 0 Å². The fourth-order valence-corrected chi connectivity index (χ4v) is 4.03. The molecule has 136 valence electrons. The highest BCUT2D eigenvalue weighted by Gasteiger charge is 2.29. The fraction of sp³-hybridized carbons (Fsp3) is 0.421. The van der Waals surface area contributed by atoms with Gasteiger partial charge in [0.2, 0.25) is 11.8 Å². The smallest absolute Gasteiger partial charge is 0.230 e. The Morgan fingerprint density at radius 2 is 2.19 bits per heavy atom. The third-order valence-electron chi connectivity index (χ3n) is 4.46. The number of rotatable bonds is 6. The van der Waals surface area contributed by atoms with E-state index < -0.39 is 0 Å². The average molecular weight is 371 g/mol. The van der Waals surface area contributed by atoms with Gasteiger partial charge >= 0.3 is 0 Å². The van der Waals surface area contributed by atoms with E-state index in [2.05, 4.69) is 16.7 Å². The summed E-state index contributed by atoms with van der Waals surface area (Å²) in [6.45, 7) is 1.25. The van der Waals surface area contributed by atoms with E-state index in [0.717, 1.165) is 25.0 Å². The van der Waals surface area contributed by atoms with Crippen LogP contribution in [0.3, 0.4) is 0 Å². The minimum absolute atomic E-state index is 0.0923. The first kappa shape index (κ1) is 18.5. The normalized spacial score (nSPS) is 22.7. The van der Waals surface area contributed by atoms with Crippen LogP contribution in [0.5, 0.6) is 0 Å². The summed E-state index contributed by atoms with van der Waals surface area (Å²) in [5.41, 5.74) is 1.44. The SMILES string of the molecule is N#CC1=C(SCC(=O)NC[C@H]2CCCO2)NC(=O)C[C@H]1c1ccccc1. The lowest BCUT2D eigenvalue weighted by molar-refractivity contribution is -0.121. The molecule has 0 bridgehead atoms. The van der Waals surface area contributed by atoms with Gasteiger partial charge in [-0.15, -0.1) is 0 Å². The van der Waals surface area contributed by atoms with Gasteiger partial charge in [-0.05, 0) is 18.4 Å². The highest BCUT2D eigenvalue weighted by Crippen LogP contribution is 2.35. The number of carbonyl (C=O) groups is 2. The maximum Gasteiger partial charge on any atom is 0.230 e. The Kier molecular flexibility index (Phi) is 6.31. The third-order valence-corrected chi connectivity index (χ3v) is 5.47. The van der Waals surface area contributed by atoms with Crippen molar-refractivity contribution >= 4 is 23.6 Å². The van der Waals surface area contributed by atoms with Crippen LogP contribution in [-0.4, -0.2) is 36.8 Å². The molecule has 2 aliphatic rings. The van der Waals surface area contributed by atoms with Crippen molar-refractivity contribution in [2.24, 2.45) is 0 Å². The summed E-state index contributed by atoms with van der Waals surface area (Å²) in [4.78, 5) is 24.1. The van der Waals surface area contributed by atoms with Crippen LogP contribution >= 0.6 is 11.8 Å². The number of amides is 2. The molecule has 1 aromatic carbocycles. The summed E-state index contributed by atoms with van der Waals surface area (Å²) in [5, 5.41) is 15.7. The van der Waals surface area contributed by atoms with Gasteiger partial charge in [0.1, 0.15) is 0 Å². The zero-order valence-electron chi connectivity index (χ0n) is 14.4. The molecule has 2 heterocycles. The van der Waals surface area contributed by atoms with Crippen LogP contribution in [0.4, 0.5) is 0 Å². The largest absolute Gasteiger partial charge is 0.376 e. The van der Waals surface area contributed by atoms with Crippen LogP contribution in [0.2, 0.25) is 0 Å². The Labute approximate surface area is 157 Å². The predicted molar refractivity (Wildman–Crippen MR) is 99.0 cm³/mol. The van der Waals surface area contributed by atoms with E-state index in [-0.39, 0.29) is 36.0 Å². The molecule has 0 spiro atoms. The lowest BCUT2D eigenvalue weighted by atomic mass is 9.87. The summed E-state index contributed by atoms with van der Waals surface area (Å²) in [6.07, 6.45) is 2.32. The second-order valence-corrected chi connectivity index (χ2v) is 7.28. The van der Waals surface area contributed by atoms with Crippen LogP contribution in [0.1, 0.15) is 30.7 Å². The molecule has 6 nitrogen and oxygen atoms in total. The number of thioether (sulfide) groups is 1. The molecule has 0 aromatic heterocycles. The highest BCUT2D eigenvalue weighted by atomic mass is 32.2. The maximum atomic E-state index is 12.1. The van der Waals surface area contributed by atoms with Crippen molar-refractivity contribution in [2.45, 2.75) is 31.3 Å². The monoisotopic (exact) mass is 371 g/mol. The molecule has 2 amide bonds. The van der Waals surface area contributed by atoms with Crippen molar-refractivity contribution < 1.29 is 14.3 Å². The van der Waals surface area contributed by atoms with Crippen molar-refractivity contribution in [3.63, 3.8) is 0 Å². The average Bonchev–Trinajstić information content (AvgIpc) is 3.18. The van der Waals surface area contributed by atoms with Gasteiger partial charge in [-0.25, -0.2) is 0 Å². The molecule has 1 saturated heterocycles. The number of hydrogen-bond acceptors (Lipinski definition) is 5. The predicted octanol–water partition coefficient (Wildman–Crippen LogP) is 2.05. The molecule has 0 saturated carbocycles. The van der Waals surface area contributed by atoms with E-state index in [4.69, 9.17) is 4.74 Å². The van der Waals surface area contributed by atoms with Gasteiger partial charge in [0.25, 0.3) is 0 Å². The number of allylic oxidation sites excluding steroid dienone is 1. The fourth-order valence-electron chi connectivity index (χ4n) is 3.12. The van der Waals surface area contributed by atoms with Crippen molar-refractivity contribution in [3.05, 3.63) is 46.5 Å². The molecule has 7 heteroatoms. The molecular weight excluding hydrogens is 350 g/mol. The molecule has 3 rings (SSSR count). The summed E-state index contributed by atoms with van der Waals surface area (Å²) in [5.74, 6) is -0.395. The van der Waals surface area contributed by atoms with Crippen molar-refractivity contribution in [1.29, 1.82) is 5.26 Å². The Morgan fingerprint density at radius 1 is 1.38 bits per heavy atom. The number of nitrogens with zero attached hydrogens (tertiary/aromatic N) is 1. The number of benzene rings is 1. The number of nitriles is 1. The Bertz CT molecular complexity index is 736. The second kappa shape index (κ2) is 8.88. The summed E-state index contributed by atoms with van der Waals surface area (Å²) in [6, 6.07) is 11.7. The van der Waals surface area contributed by atoms with Crippen molar-refractivity contribution in [3.8, 4) is 6.07 Å². The molecule has 2 N–H and O–H groups in total. The zero-order chi connectivity index (χ0) is 18.4. The lowest BCUT2D eigenvalue weighted by Crippen LogP contribution is -2.34. The Balaban J connectivity index is 1.64. The van der Waals surface area contributed by atoms with Gasteiger partial charge in [0.05, 0.1) is 28.5 Å². The maximum absolute atomic E-state index is 12.1. The lowest BCUT2D eigenvalue weighted by Gasteiger charge is -2.25. The van der Waals surface area contributed by atoms with Crippen LogP contribution < -0.4 is 10.6 Å². The van der Waals surface area contributed by atoms with Crippen LogP contribution in [-0.2, 0) is 14.3 Å². The Hall–Kier alpha value is -2.30. The summed E-state index contributed by atoms with van der Waals surface area (Å²) >= 11 is 1.20. The molecule has 2 aliphatic heterocycles. The van der Waals surface area contributed by atoms with Gasteiger partial charge in [-0.3, -0.25) is 9.59 Å². The molecule has 0 aliphatic carbocycles. The first-order valence-corrected chi connectivity index (χ1v) is 9.66. The van der Waals surface area contributed by atoms with Gasteiger partial charge in [-0.1, -0.05) is 42.1 Å². The van der Waals surface area contributed by atoms with E-state index in [1.54, 1.807) is 0 Å². The number of carbonyl (C=O) groups excluding carboxylic acids is 2. The third kappa shape index (κ3) is 4.65. The van der Waals surface area contributed by atoms with Crippen molar-refractivity contribution in [1.82, 2.24) is 10.6 Å². The van der Waals surface area contributed by atoms with Crippen LogP contribution in [0, 0.1) is 11.3 Å². The first-order valence-electron chi connectivity index (χ1n) is 8.67. The summed E-state index contributed by atoms with van der Waals surface area (Å²) < 4.78 is 5.48. The quantitative estimate of drug-likeness (QED) is 0.799. The topological polar surface area (TPSA) is 91.2 Å². The van der Waals surface area contributed by atoms with Gasteiger partial charge < -0.3 is 15.4 Å². The highest BCUT2D eigenvalue weighted by molar-refractivity contribution is 8.03. The molecule has 0 radical (unpaired) electrons. The second-order valence-electron chi connectivity index (χ2n) is 6.30. The van der Waals surface area contributed by atoms with Gasteiger partial charge in [0, 0.05) is 25.5 Å². The zero-order valence-corrected chi connectivity index (χ0v) is 15.2. The standard InChI is InChI=1S/C19H21N3O3S/c20-10-16-15(13-5-2-1-3-6-13)9-17(23)22-19(16)26-12-18(24)21-11-14-7-4-8-25-14/h1-3,5-6,14-15H,4,7-9,11-12H2,(H,21,24)(H,22,23)/t14-,15+/m1/s1.